The van der Waals surface area contributed by atoms with E-state index in [0.717, 1.165) is 18.4 Å². The zero-order valence-electron chi connectivity index (χ0n) is 14.4. The summed E-state index contributed by atoms with van der Waals surface area (Å²) in [6.07, 6.45) is 10.6. The summed E-state index contributed by atoms with van der Waals surface area (Å²) in [5, 5.41) is 18.5. The molecule has 0 amide bonds. The lowest BCUT2D eigenvalue weighted by Gasteiger charge is -2.42. The maximum absolute atomic E-state index is 11.4. The predicted molar refractivity (Wildman–Crippen MR) is 88.6 cm³/mol. The van der Waals surface area contributed by atoms with Gasteiger partial charge >= 0.3 is 11.9 Å². The van der Waals surface area contributed by atoms with Crippen LogP contribution in [0.15, 0.2) is 0 Å². The maximum atomic E-state index is 11.4. The van der Waals surface area contributed by atoms with Gasteiger partial charge in [-0.1, -0.05) is 32.1 Å². The molecule has 3 aliphatic rings. The molecule has 5 heteroatoms. The van der Waals surface area contributed by atoms with Crippen LogP contribution >= 0.6 is 0 Å². The van der Waals surface area contributed by atoms with E-state index >= 15 is 0 Å². The van der Waals surface area contributed by atoms with Gasteiger partial charge in [-0.25, -0.2) is 0 Å². The second-order valence-electron chi connectivity index (χ2n) is 8.06. The summed E-state index contributed by atoms with van der Waals surface area (Å²) < 4.78 is 6.12. The zero-order chi connectivity index (χ0) is 17.1. The van der Waals surface area contributed by atoms with Crippen LogP contribution in [-0.4, -0.2) is 34.9 Å². The van der Waals surface area contributed by atoms with Gasteiger partial charge < -0.3 is 14.9 Å². The molecule has 5 nitrogen and oxygen atoms in total. The standard InChI is InChI=1S/C19H30O5/c20-18(21)16-9-8-14(10-17(16)19(22)23)24-11-13-6-3-5-12-4-1-2-7-15(12)13/h12-17H,1-11H2,(H,20,21)(H,22,23). The largest absolute Gasteiger partial charge is 0.481 e. The molecule has 3 fully saturated rings. The van der Waals surface area contributed by atoms with E-state index in [1.165, 1.54) is 44.9 Å². The molecule has 3 rings (SSSR count). The molecular formula is C19H30O5. The lowest BCUT2D eigenvalue weighted by Crippen LogP contribution is -2.40. The summed E-state index contributed by atoms with van der Waals surface area (Å²) in [4.78, 5) is 22.6. The van der Waals surface area contributed by atoms with Gasteiger partial charge in [-0.15, -0.1) is 0 Å². The number of carboxylic acid groups (broad SMARTS) is 2. The van der Waals surface area contributed by atoms with Crippen LogP contribution in [0.25, 0.3) is 0 Å². The molecule has 3 aliphatic carbocycles. The normalized spacial score (nSPS) is 39.8. The number of aliphatic carboxylic acids is 2. The maximum Gasteiger partial charge on any atom is 0.307 e. The van der Waals surface area contributed by atoms with E-state index in [4.69, 9.17) is 4.74 Å². The van der Waals surface area contributed by atoms with Gasteiger partial charge in [0.25, 0.3) is 0 Å². The first-order chi connectivity index (χ1) is 11.6. The minimum Gasteiger partial charge on any atom is -0.481 e. The summed E-state index contributed by atoms with van der Waals surface area (Å²) in [6, 6.07) is 0. The molecular weight excluding hydrogens is 308 g/mol. The minimum absolute atomic E-state index is 0.0920. The van der Waals surface area contributed by atoms with Crippen molar-refractivity contribution in [3.63, 3.8) is 0 Å². The smallest absolute Gasteiger partial charge is 0.307 e. The van der Waals surface area contributed by atoms with Crippen LogP contribution < -0.4 is 0 Å². The minimum atomic E-state index is -0.999. The van der Waals surface area contributed by atoms with Crippen molar-refractivity contribution in [1.29, 1.82) is 0 Å². The Bertz CT molecular complexity index is 461. The van der Waals surface area contributed by atoms with Gasteiger partial charge in [0.2, 0.25) is 0 Å². The molecule has 0 aromatic rings. The predicted octanol–water partition coefficient (Wildman–Crippen LogP) is 3.56. The Labute approximate surface area is 143 Å². The lowest BCUT2D eigenvalue weighted by atomic mass is 9.66. The first kappa shape index (κ1) is 17.7. The molecule has 6 unspecified atom stereocenters. The lowest BCUT2D eigenvalue weighted by molar-refractivity contribution is -0.159. The Hall–Kier alpha value is -1.10. The van der Waals surface area contributed by atoms with Gasteiger partial charge in [0.05, 0.1) is 24.5 Å². The van der Waals surface area contributed by atoms with E-state index < -0.39 is 23.8 Å². The van der Waals surface area contributed by atoms with Gasteiger partial charge in [0.15, 0.2) is 0 Å². The number of rotatable bonds is 5. The fraction of sp³-hybridized carbons (Fsp3) is 0.895. The fourth-order valence-corrected chi connectivity index (χ4v) is 5.39. The average molecular weight is 338 g/mol. The van der Waals surface area contributed by atoms with Crippen molar-refractivity contribution in [2.45, 2.75) is 70.3 Å². The number of fused-ring (bicyclic) bond motifs is 1. The molecule has 0 spiro atoms. The van der Waals surface area contributed by atoms with Crippen molar-refractivity contribution >= 4 is 11.9 Å². The van der Waals surface area contributed by atoms with Crippen molar-refractivity contribution in [2.75, 3.05) is 6.61 Å². The Balaban J connectivity index is 1.53. The highest BCUT2D eigenvalue weighted by molar-refractivity contribution is 5.80. The summed E-state index contributed by atoms with van der Waals surface area (Å²) in [5.41, 5.74) is 0. The Morgan fingerprint density at radius 2 is 1.54 bits per heavy atom. The summed E-state index contributed by atoms with van der Waals surface area (Å²) in [6.45, 7) is 0.732. The first-order valence-corrected chi connectivity index (χ1v) is 9.63. The van der Waals surface area contributed by atoms with E-state index in [-0.39, 0.29) is 6.10 Å². The Morgan fingerprint density at radius 3 is 2.29 bits per heavy atom. The van der Waals surface area contributed by atoms with Gasteiger partial charge in [0.1, 0.15) is 0 Å². The van der Waals surface area contributed by atoms with E-state index in [9.17, 15) is 19.8 Å². The SMILES string of the molecule is O=C(O)C1CCC(OCC2CCCC3CCCCC32)CC1C(=O)O. The molecule has 0 heterocycles. The molecule has 136 valence electrons. The van der Waals surface area contributed by atoms with Crippen LogP contribution in [0.5, 0.6) is 0 Å². The molecule has 0 saturated heterocycles. The fourth-order valence-electron chi connectivity index (χ4n) is 5.39. The first-order valence-electron chi connectivity index (χ1n) is 9.63. The van der Waals surface area contributed by atoms with Crippen molar-refractivity contribution in [3.05, 3.63) is 0 Å². The zero-order valence-corrected chi connectivity index (χ0v) is 14.4. The third-order valence-corrected chi connectivity index (χ3v) is 6.71. The third-order valence-electron chi connectivity index (χ3n) is 6.71. The molecule has 0 aromatic heterocycles. The number of carbonyl (C=O) groups is 2. The summed E-state index contributed by atoms with van der Waals surface area (Å²) >= 11 is 0. The topological polar surface area (TPSA) is 83.8 Å². The summed E-state index contributed by atoms with van der Waals surface area (Å²) in [7, 11) is 0. The molecule has 24 heavy (non-hydrogen) atoms. The Morgan fingerprint density at radius 1 is 0.833 bits per heavy atom. The second kappa shape index (κ2) is 7.85. The van der Waals surface area contributed by atoms with Gasteiger partial charge in [-0.05, 0) is 49.9 Å². The van der Waals surface area contributed by atoms with E-state index in [1.54, 1.807) is 0 Å². The number of ether oxygens (including phenoxy) is 1. The van der Waals surface area contributed by atoms with E-state index in [2.05, 4.69) is 0 Å². The molecule has 3 saturated carbocycles. The quantitative estimate of drug-likeness (QED) is 0.800. The highest BCUT2D eigenvalue weighted by atomic mass is 16.5. The van der Waals surface area contributed by atoms with Crippen LogP contribution in [0.3, 0.4) is 0 Å². The molecule has 0 aromatic carbocycles. The van der Waals surface area contributed by atoms with Gasteiger partial charge in [-0.2, -0.15) is 0 Å². The number of hydrogen-bond donors (Lipinski definition) is 2. The third kappa shape index (κ3) is 3.93. The van der Waals surface area contributed by atoms with Crippen molar-refractivity contribution in [2.24, 2.45) is 29.6 Å². The average Bonchev–Trinajstić information content (AvgIpc) is 2.59. The van der Waals surface area contributed by atoms with Crippen molar-refractivity contribution in [3.8, 4) is 0 Å². The van der Waals surface area contributed by atoms with E-state index in [0.29, 0.717) is 25.2 Å². The molecule has 0 aliphatic heterocycles. The van der Waals surface area contributed by atoms with E-state index in [1.807, 2.05) is 0 Å². The summed E-state index contributed by atoms with van der Waals surface area (Å²) in [5.74, 6) is -1.29. The van der Waals surface area contributed by atoms with Crippen LogP contribution in [0.4, 0.5) is 0 Å². The van der Waals surface area contributed by atoms with Crippen LogP contribution in [0, 0.1) is 29.6 Å². The van der Waals surface area contributed by atoms with Crippen LogP contribution in [0.2, 0.25) is 0 Å². The van der Waals surface area contributed by atoms with Crippen LogP contribution in [-0.2, 0) is 14.3 Å². The molecule has 0 bridgehead atoms. The highest BCUT2D eigenvalue weighted by Crippen LogP contribution is 2.44. The highest BCUT2D eigenvalue weighted by Gasteiger charge is 2.41. The van der Waals surface area contributed by atoms with Gasteiger partial charge in [-0.3, -0.25) is 9.59 Å². The number of hydrogen-bond acceptors (Lipinski definition) is 3. The van der Waals surface area contributed by atoms with Crippen molar-refractivity contribution in [1.82, 2.24) is 0 Å². The van der Waals surface area contributed by atoms with Crippen LogP contribution in [0.1, 0.15) is 64.2 Å². The molecule has 0 radical (unpaired) electrons. The number of carboxylic acids is 2. The second-order valence-corrected chi connectivity index (χ2v) is 8.06. The molecule has 6 atom stereocenters. The monoisotopic (exact) mass is 338 g/mol. The Kier molecular flexibility index (Phi) is 5.80. The van der Waals surface area contributed by atoms with Gasteiger partial charge in [0, 0.05) is 0 Å². The van der Waals surface area contributed by atoms with Crippen molar-refractivity contribution < 1.29 is 24.5 Å². The molecule has 2 N–H and O–H groups in total.